The van der Waals surface area contributed by atoms with Crippen LogP contribution in [0, 0.1) is 5.41 Å². The lowest BCUT2D eigenvalue weighted by molar-refractivity contribution is 0.795. The third kappa shape index (κ3) is 4.86. The first-order valence-corrected chi connectivity index (χ1v) is 6.96. The van der Waals surface area contributed by atoms with E-state index in [0.717, 1.165) is 25.0 Å². The SMILES string of the molecule is N=CN.c1ccc(Cc2cn(Cc3ccncc3)cn2)cc1. The first kappa shape index (κ1) is 15.4. The molecule has 5 heteroatoms. The Labute approximate surface area is 130 Å². The molecular weight excluding hydrogens is 274 g/mol. The van der Waals surface area contributed by atoms with Gasteiger partial charge in [-0.05, 0) is 23.3 Å². The fourth-order valence-electron chi connectivity index (χ4n) is 2.09. The second-order valence-electron chi connectivity index (χ2n) is 4.72. The van der Waals surface area contributed by atoms with Gasteiger partial charge >= 0.3 is 0 Å². The molecule has 0 atom stereocenters. The molecule has 0 saturated carbocycles. The predicted octanol–water partition coefficient (Wildman–Crippen LogP) is 2.47. The Kier molecular flexibility index (Phi) is 5.87. The van der Waals surface area contributed by atoms with Crippen LogP contribution in [0.2, 0.25) is 0 Å². The van der Waals surface area contributed by atoms with Gasteiger partial charge in [0.05, 0.1) is 18.4 Å². The lowest BCUT2D eigenvalue weighted by Crippen LogP contribution is -1.96. The Balaban J connectivity index is 0.000000545. The zero-order valence-electron chi connectivity index (χ0n) is 12.3. The Morgan fingerprint density at radius 2 is 1.73 bits per heavy atom. The lowest BCUT2D eigenvalue weighted by atomic mass is 10.1. The summed E-state index contributed by atoms with van der Waals surface area (Å²) in [5.41, 5.74) is 8.01. The van der Waals surface area contributed by atoms with Crippen LogP contribution in [0.5, 0.6) is 0 Å². The average Bonchev–Trinajstić information content (AvgIpc) is 2.97. The highest BCUT2D eigenvalue weighted by Gasteiger charge is 2.01. The molecule has 0 aliphatic rings. The van der Waals surface area contributed by atoms with Crippen LogP contribution in [0.1, 0.15) is 16.8 Å². The summed E-state index contributed by atoms with van der Waals surface area (Å²) >= 11 is 0. The van der Waals surface area contributed by atoms with Gasteiger partial charge in [-0.3, -0.25) is 10.4 Å². The van der Waals surface area contributed by atoms with Crippen molar-refractivity contribution in [3.63, 3.8) is 0 Å². The van der Waals surface area contributed by atoms with Crippen molar-refractivity contribution in [1.82, 2.24) is 14.5 Å². The number of nitrogens with one attached hydrogen (secondary N) is 1. The highest BCUT2D eigenvalue weighted by molar-refractivity contribution is 5.46. The third-order valence-electron chi connectivity index (χ3n) is 3.03. The van der Waals surface area contributed by atoms with Gasteiger partial charge < -0.3 is 10.3 Å². The second-order valence-corrected chi connectivity index (χ2v) is 4.72. The molecule has 22 heavy (non-hydrogen) atoms. The van der Waals surface area contributed by atoms with Crippen molar-refractivity contribution >= 4 is 6.34 Å². The third-order valence-corrected chi connectivity index (χ3v) is 3.03. The first-order chi connectivity index (χ1) is 10.8. The Hall–Kier alpha value is -2.95. The standard InChI is InChI=1S/C16H15N3.CH4N2/c1-2-4-14(5-3-1)10-16-12-19(13-18-16)11-15-6-8-17-9-7-15;2-1-3/h1-9,12-13H,10-11H2;1H,(H3,2,3). The van der Waals surface area contributed by atoms with Gasteiger partial charge in [0.1, 0.15) is 0 Å². The predicted molar refractivity (Wildman–Crippen MR) is 87.8 cm³/mol. The Morgan fingerprint density at radius 1 is 1.05 bits per heavy atom. The fourth-order valence-corrected chi connectivity index (χ4v) is 2.09. The number of nitrogens with zero attached hydrogens (tertiary/aromatic N) is 3. The molecule has 3 rings (SSSR count). The van der Waals surface area contributed by atoms with E-state index < -0.39 is 0 Å². The molecule has 0 spiro atoms. The molecule has 2 heterocycles. The molecule has 1 aromatic carbocycles. The zero-order valence-corrected chi connectivity index (χ0v) is 12.3. The van der Waals surface area contributed by atoms with Gasteiger partial charge in [-0.2, -0.15) is 0 Å². The minimum absolute atomic E-state index is 0.750. The summed E-state index contributed by atoms with van der Waals surface area (Å²) in [6, 6.07) is 14.5. The van der Waals surface area contributed by atoms with Crippen LogP contribution >= 0.6 is 0 Å². The molecule has 0 radical (unpaired) electrons. The molecule has 2 aromatic heterocycles. The number of benzene rings is 1. The van der Waals surface area contributed by atoms with Crippen molar-refractivity contribution in [2.75, 3.05) is 0 Å². The molecule has 3 aromatic rings. The highest BCUT2D eigenvalue weighted by Crippen LogP contribution is 2.08. The Bertz CT molecular complexity index is 621. The summed E-state index contributed by atoms with van der Waals surface area (Å²) in [6.07, 6.45) is 9.25. The number of nitrogens with two attached hydrogens (primary N) is 1. The zero-order chi connectivity index (χ0) is 15.6. The van der Waals surface area contributed by atoms with Crippen molar-refractivity contribution in [2.24, 2.45) is 5.73 Å². The summed E-state index contributed by atoms with van der Waals surface area (Å²) < 4.78 is 2.10. The highest BCUT2D eigenvalue weighted by atomic mass is 15.0. The van der Waals surface area contributed by atoms with Crippen molar-refractivity contribution in [3.8, 4) is 0 Å². The number of imidazole rings is 1. The summed E-state index contributed by atoms with van der Waals surface area (Å²) in [5, 5.41) is 5.86. The first-order valence-electron chi connectivity index (χ1n) is 6.96. The fraction of sp³-hybridized carbons (Fsp3) is 0.118. The molecule has 0 aliphatic heterocycles. The van der Waals surface area contributed by atoms with E-state index in [-0.39, 0.29) is 0 Å². The van der Waals surface area contributed by atoms with Gasteiger partial charge in [0.25, 0.3) is 0 Å². The van der Waals surface area contributed by atoms with Crippen LogP contribution in [-0.2, 0) is 13.0 Å². The topological polar surface area (TPSA) is 80.6 Å². The summed E-state index contributed by atoms with van der Waals surface area (Å²) in [4.78, 5) is 8.48. The normalized spacial score (nSPS) is 9.64. The lowest BCUT2D eigenvalue weighted by Gasteiger charge is -2.01. The molecule has 0 aliphatic carbocycles. The number of hydrogen-bond acceptors (Lipinski definition) is 3. The maximum absolute atomic E-state index is 5.86. The minimum atomic E-state index is 0.750. The molecule has 0 fully saturated rings. The van der Waals surface area contributed by atoms with Gasteiger partial charge in [-0.25, -0.2) is 4.98 Å². The van der Waals surface area contributed by atoms with Crippen molar-refractivity contribution in [3.05, 3.63) is 84.2 Å². The van der Waals surface area contributed by atoms with Gasteiger partial charge in [-0.15, -0.1) is 0 Å². The summed E-state index contributed by atoms with van der Waals surface area (Å²) in [5.74, 6) is 0. The molecule has 0 unspecified atom stereocenters. The van der Waals surface area contributed by atoms with Gasteiger partial charge in [0, 0.05) is 31.6 Å². The van der Waals surface area contributed by atoms with Crippen LogP contribution in [0.4, 0.5) is 0 Å². The monoisotopic (exact) mass is 293 g/mol. The molecular formula is C17H19N5. The maximum Gasteiger partial charge on any atom is 0.0952 e. The molecule has 0 bridgehead atoms. The molecule has 5 nitrogen and oxygen atoms in total. The molecule has 3 N–H and O–H groups in total. The Morgan fingerprint density at radius 3 is 2.41 bits per heavy atom. The van der Waals surface area contributed by atoms with Crippen LogP contribution in [0.3, 0.4) is 0 Å². The largest absolute Gasteiger partial charge is 0.390 e. The van der Waals surface area contributed by atoms with Crippen molar-refractivity contribution < 1.29 is 0 Å². The number of hydrogen-bond donors (Lipinski definition) is 2. The van der Waals surface area contributed by atoms with Crippen molar-refractivity contribution in [2.45, 2.75) is 13.0 Å². The van der Waals surface area contributed by atoms with Crippen LogP contribution in [-0.4, -0.2) is 20.9 Å². The minimum Gasteiger partial charge on any atom is -0.390 e. The van der Waals surface area contributed by atoms with E-state index in [0.29, 0.717) is 0 Å². The molecule has 0 saturated heterocycles. The van der Waals surface area contributed by atoms with E-state index in [1.54, 1.807) is 0 Å². The maximum atomic E-state index is 5.86. The van der Waals surface area contributed by atoms with Crippen LogP contribution in [0.25, 0.3) is 0 Å². The number of rotatable bonds is 4. The summed E-state index contributed by atoms with van der Waals surface area (Å²) in [7, 11) is 0. The quantitative estimate of drug-likeness (QED) is 0.573. The molecule has 0 amide bonds. The van der Waals surface area contributed by atoms with E-state index in [1.807, 2.05) is 36.9 Å². The van der Waals surface area contributed by atoms with Crippen LogP contribution < -0.4 is 5.73 Å². The molecule has 112 valence electrons. The summed E-state index contributed by atoms with van der Waals surface area (Å²) in [6.45, 7) is 0.838. The smallest absolute Gasteiger partial charge is 0.0952 e. The van der Waals surface area contributed by atoms with E-state index >= 15 is 0 Å². The van der Waals surface area contributed by atoms with Gasteiger partial charge in [-0.1, -0.05) is 30.3 Å². The van der Waals surface area contributed by atoms with E-state index in [2.05, 4.69) is 50.7 Å². The number of aromatic nitrogens is 3. The van der Waals surface area contributed by atoms with Gasteiger partial charge in [0.15, 0.2) is 0 Å². The van der Waals surface area contributed by atoms with Crippen molar-refractivity contribution in [1.29, 1.82) is 5.41 Å². The van der Waals surface area contributed by atoms with Crippen LogP contribution in [0.15, 0.2) is 67.4 Å². The second kappa shape index (κ2) is 8.36. The number of pyridine rings is 1. The van der Waals surface area contributed by atoms with Gasteiger partial charge in [0.2, 0.25) is 0 Å². The van der Waals surface area contributed by atoms with E-state index in [4.69, 9.17) is 5.41 Å². The average molecular weight is 293 g/mol. The van der Waals surface area contributed by atoms with E-state index in [9.17, 15) is 0 Å². The van der Waals surface area contributed by atoms with E-state index in [1.165, 1.54) is 11.1 Å².